The van der Waals surface area contributed by atoms with Gasteiger partial charge in [-0.2, -0.15) is 0 Å². The Kier molecular flexibility index (Phi) is 5.71. The van der Waals surface area contributed by atoms with Crippen molar-refractivity contribution in [3.63, 3.8) is 0 Å². The van der Waals surface area contributed by atoms with E-state index in [1.165, 1.54) is 12.7 Å². The number of ether oxygens (including phenoxy) is 1. The Balaban J connectivity index is 2.00. The summed E-state index contributed by atoms with van der Waals surface area (Å²) in [5.74, 6) is -0.357. The molecule has 0 fully saturated rings. The fourth-order valence-corrected chi connectivity index (χ4v) is 2.34. The first-order chi connectivity index (χ1) is 11.0. The highest BCUT2D eigenvalue weighted by Gasteiger charge is 2.12. The zero-order valence-electron chi connectivity index (χ0n) is 13.5. The van der Waals surface area contributed by atoms with E-state index < -0.39 is 0 Å². The molecule has 2 rings (SSSR count). The molecule has 0 radical (unpaired) electrons. The Morgan fingerprint density at radius 2 is 1.83 bits per heavy atom. The molecule has 0 spiro atoms. The van der Waals surface area contributed by atoms with Crippen LogP contribution < -0.4 is 10.6 Å². The van der Waals surface area contributed by atoms with Gasteiger partial charge in [0, 0.05) is 12.2 Å². The molecule has 0 aromatic heterocycles. The highest BCUT2D eigenvalue weighted by Crippen LogP contribution is 2.19. The number of benzene rings is 2. The molecular formula is C18H20N2O2S. The average molecular weight is 328 g/mol. The number of esters is 1. The number of aryl methyl sites for hydroxylation is 1. The van der Waals surface area contributed by atoms with Gasteiger partial charge in [-0.3, -0.25) is 0 Å². The van der Waals surface area contributed by atoms with Crippen LogP contribution in [0.15, 0.2) is 42.5 Å². The van der Waals surface area contributed by atoms with Crippen LogP contribution in [0.4, 0.5) is 5.69 Å². The third-order valence-corrected chi connectivity index (χ3v) is 3.81. The zero-order chi connectivity index (χ0) is 16.8. The first-order valence-electron chi connectivity index (χ1n) is 7.29. The number of nitrogens with one attached hydrogen (secondary N) is 2. The maximum atomic E-state index is 11.7. The smallest absolute Gasteiger partial charge is 0.338 e. The number of methoxy groups -OCH3 is 1. The number of thiocarbonyl (C=S) groups is 1. The molecule has 2 aromatic rings. The lowest BCUT2D eigenvalue weighted by Gasteiger charge is -2.14. The van der Waals surface area contributed by atoms with Crippen LogP contribution in [-0.2, 0) is 11.3 Å². The monoisotopic (exact) mass is 328 g/mol. The molecule has 0 heterocycles. The molecule has 0 saturated heterocycles. The maximum absolute atomic E-state index is 11.7. The van der Waals surface area contributed by atoms with Crippen LogP contribution in [0.2, 0.25) is 0 Å². The van der Waals surface area contributed by atoms with Gasteiger partial charge in [0.1, 0.15) is 0 Å². The van der Waals surface area contributed by atoms with Crippen LogP contribution in [0.1, 0.15) is 27.0 Å². The maximum Gasteiger partial charge on any atom is 0.338 e. The number of hydrogen-bond donors (Lipinski definition) is 2. The van der Waals surface area contributed by atoms with Crippen molar-refractivity contribution in [2.24, 2.45) is 0 Å². The van der Waals surface area contributed by atoms with Gasteiger partial charge in [-0.15, -0.1) is 0 Å². The minimum Gasteiger partial charge on any atom is -0.465 e. The van der Waals surface area contributed by atoms with E-state index in [1.807, 2.05) is 13.0 Å². The SMILES string of the molecule is COC(=O)c1cccc(NC(=S)NCc2ccc(C)cc2)c1C. The van der Waals surface area contributed by atoms with E-state index in [0.29, 0.717) is 17.2 Å². The minimum absolute atomic E-state index is 0.357. The fraction of sp³-hybridized carbons (Fsp3) is 0.222. The Morgan fingerprint density at radius 3 is 2.48 bits per heavy atom. The molecule has 0 aliphatic rings. The topological polar surface area (TPSA) is 50.4 Å². The van der Waals surface area contributed by atoms with Gasteiger partial charge < -0.3 is 15.4 Å². The normalized spacial score (nSPS) is 10.0. The number of hydrogen-bond acceptors (Lipinski definition) is 3. The lowest BCUT2D eigenvalue weighted by atomic mass is 10.1. The lowest BCUT2D eigenvalue weighted by molar-refractivity contribution is 0.0600. The molecule has 0 saturated carbocycles. The Labute approximate surface area is 141 Å². The molecule has 4 nitrogen and oxygen atoms in total. The predicted octanol–water partition coefficient (Wildman–Crippen LogP) is 3.58. The van der Waals surface area contributed by atoms with Crippen LogP contribution in [0.25, 0.3) is 0 Å². The molecule has 5 heteroatoms. The highest BCUT2D eigenvalue weighted by molar-refractivity contribution is 7.80. The molecule has 23 heavy (non-hydrogen) atoms. The lowest BCUT2D eigenvalue weighted by Crippen LogP contribution is -2.28. The molecule has 0 aliphatic heterocycles. The van der Waals surface area contributed by atoms with Crippen molar-refractivity contribution >= 4 is 29.0 Å². The molecule has 0 amide bonds. The Morgan fingerprint density at radius 1 is 1.13 bits per heavy atom. The summed E-state index contributed by atoms with van der Waals surface area (Å²) in [6, 6.07) is 13.7. The summed E-state index contributed by atoms with van der Waals surface area (Å²) in [6.45, 7) is 4.56. The molecule has 2 aromatic carbocycles. The fourth-order valence-electron chi connectivity index (χ4n) is 2.16. The van der Waals surface area contributed by atoms with E-state index in [4.69, 9.17) is 17.0 Å². The summed E-state index contributed by atoms with van der Waals surface area (Å²) in [7, 11) is 1.37. The van der Waals surface area contributed by atoms with E-state index in [-0.39, 0.29) is 5.97 Å². The van der Waals surface area contributed by atoms with Crippen molar-refractivity contribution in [1.29, 1.82) is 0 Å². The second-order valence-corrected chi connectivity index (χ2v) is 5.67. The number of anilines is 1. The summed E-state index contributed by atoms with van der Waals surface area (Å²) in [4.78, 5) is 11.7. The first kappa shape index (κ1) is 17.0. The summed E-state index contributed by atoms with van der Waals surface area (Å²) in [6.07, 6.45) is 0. The third-order valence-electron chi connectivity index (χ3n) is 3.56. The van der Waals surface area contributed by atoms with Crippen molar-refractivity contribution in [2.75, 3.05) is 12.4 Å². The standard InChI is InChI=1S/C18H20N2O2S/c1-12-7-9-14(10-8-12)11-19-18(23)20-16-6-4-5-15(13(16)2)17(21)22-3/h4-10H,11H2,1-3H3,(H2,19,20,23). The van der Waals surface area contributed by atoms with Crippen LogP contribution in [0.5, 0.6) is 0 Å². The van der Waals surface area contributed by atoms with Crippen molar-refractivity contribution < 1.29 is 9.53 Å². The van der Waals surface area contributed by atoms with Gasteiger partial charge in [0.15, 0.2) is 5.11 Å². The molecular weight excluding hydrogens is 308 g/mol. The molecule has 0 unspecified atom stereocenters. The number of carbonyl (C=O) groups excluding carboxylic acids is 1. The number of carbonyl (C=O) groups is 1. The predicted molar refractivity (Wildman–Crippen MR) is 96.8 cm³/mol. The van der Waals surface area contributed by atoms with Crippen LogP contribution in [-0.4, -0.2) is 18.2 Å². The minimum atomic E-state index is -0.357. The van der Waals surface area contributed by atoms with E-state index in [9.17, 15) is 4.79 Å². The molecule has 0 atom stereocenters. The van der Waals surface area contributed by atoms with Crippen LogP contribution in [0, 0.1) is 13.8 Å². The van der Waals surface area contributed by atoms with Gasteiger partial charge in [-0.1, -0.05) is 35.9 Å². The van der Waals surface area contributed by atoms with Crippen molar-refractivity contribution in [3.8, 4) is 0 Å². The van der Waals surface area contributed by atoms with Crippen molar-refractivity contribution in [1.82, 2.24) is 5.32 Å². The highest BCUT2D eigenvalue weighted by atomic mass is 32.1. The van der Waals surface area contributed by atoms with Gasteiger partial charge in [0.25, 0.3) is 0 Å². The Bertz CT molecular complexity index is 711. The van der Waals surface area contributed by atoms with E-state index >= 15 is 0 Å². The molecule has 0 aliphatic carbocycles. The second-order valence-electron chi connectivity index (χ2n) is 5.26. The molecule has 0 bridgehead atoms. The van der Waals surface area contributed by atoms with Crippen LogP contribution >= 0.6 is 12.2 Å². The van der Waals surface area contributed by atoms with Gasteiger partial charge >= 0.3 is 5.97 Å². The first-order valence-corrected chi connectivity index (χ1v) is 7.70. The average Bonchev–Trinajstić information content (AvgIpc) is 2.55. The summed E-state index contributed by atoms with van der Waals surface area (Å²) < 4.78 is 4.78. The van der Waals surface area contributed by atoms with Crippen molar-refractivity contribution in [3.05, 3.63) is 64.7 Å². The molecule has 120 valence electrons. The largest absolute Gasteiger partial charge is 0.465 e. The third kappa shape index (κ3) is 4.53. The Hall–Kier alpha value is -2.40. The van der Waals surface area contributed by atoms with Gasteiger partial charge in [0.05, 0.1) is 12.7 Å². The van der Waals surface area contributed by atoms with E-state index in [0.717, 1.165) is 16.8 Å². The number of rotatable bonds is 4. The van der Waals surface area contributed by atoms with E-state index in [1.54, 1.807) is 12.1 Å². The molecule has 2 N–H and O–H groups in total. The second kappa shape index (κ2) is 7.74. The van der Waals surface area contributed by atoms with Gasteiger partial charge in [0.2, 0.25) is 0 Å². The van der Waals surface area contributed by atoms with Crippen LogP contribution in [0.3, 0.4) is 0 Å². The zero-order valence-corrected chi connectivity index (χ0v) is 14.3. The van der Waals surface area contributed by atoms with Gasteiger partial charge in [-0.05, 0) is 49.3 Å². The quantitative estimate of drug-likeness (QED) is 0.664. The van der Waals surface area contributed by atoms with E-state index in [2.05, 4.69) is 41.8 Å². The summed E-state index contributed by atoms with van der Waals surface area (Å²) in [5.41, 5.74) is 4.50. The summed E-state index contributed by atoms with van der Waals surface area (Å²) >= 11 is 5.32. The van der Waals surface area contributed by atoms with Gasteiger partial charge in [-0.25, -0.2) is 4.79 Å². The summed E-state index contributed by atoms with van der Waals surface area (Å²) in [5, 5.41) is 6.79. The van der Waals surface area contributed by atoms with Crippen molar-refractivity contribution in [2.45, 2.75) is 20.4 Å².